The lowest BCUT2D eigenvalue weighted by molar-refractivity contribution is -0.306. The highest BCUT2D eigenvalue weighted by Gasteiger charge is 2.68. The molecule has 0 spiro atoms. The number of benzene rings is 3. The molecule has 1 aromatic heterocycles. The average Bonchev–Trinajstić information content (AvgIpc) is 1.63. The van der Waals surface area contributed by atoms with Crippen molar-refractivity contribution in [2.75, 3.05) is 26.3 Å². The second kappa shape index (κ2) is 33.0. The number of carbonyl (C=O) groups is 3. The average molecular weight is 1460 g/mol. The van der Waals surface area contributed by atoms with E-state index in [0.29, 0.717) is 19.3 Å². The van der Waals surface area contributed by atoms with Crippen molar-refractivity contribution >= 4 is 39.5 Å². The van der Waals surface area contributed by atoms with Crippen molar-refractivity contribution in [3.05, 3.63) is 137 Å². The molecule has 3 aromatic carbocycles. The number of hydrogen-bond donors (Lipinski definition) is 17. The summed E-state index contributed by atoms with van der Waals surface area (Å²) in [5.74, 6) is -0.462. The number of hydrogen-bond acceptors (Lipinski definition) is 28. The predicted octanol–water partition coefficient (Wildman–Crippen LogP) is -1.82. The van der Waals surface area contributed by atoms with Crippen molar-refractivity contribution in [1.82, 2.24) is 9.55 Å². The van der Waals surface area contributed by atoms with Crippen LogP contribution in [0.2, 0.25) is 5.02 Å². The first kappa shape index (κ1) is 79.8. The van der Waals surface area contributed by atoms with Gasteiger partial charge in [0.05, 0.1) is 37.2 Å². The summed E-state index contributed by atoms with van der Waals surface area (Å²) >= 11 is 6.69. The predicted molar refractivity (Wildman–Crippen MR) is 359 cm³/mol. The van der Waals surface area contributed by atoms with E-state index in [1.807, 2.05) is 49.8 Å². The molecule has 0 amide bonds. The van der Waals surface area contributed by atoms with Gasteiger partial charge in [0.15, 0.2) is 31.3 Å². The molecule has 12 rings (SSSR count). The fraction of sp³-hybridized carbons (Fsp3) is 0.618. The van der Waals surface area contributed by atoms with Crippen molar-refractivity contribution < 1.29 is 111 Å². The molecule has 26 atom stereocenters. The molecule has 0 unspecified atom stereocenters. The molecule has 4 heterocycles. The number of carbonyl (C=O) groups excluding carboxylic acids is 3. The number of allylic oxidation sites excluding steroid dienone is 1. The van der Waals surface area contributed by atoms with Crippen LogP contribution in [-0.2, 0) is 63.5 Å². The fourth-order valence-electron chi connectivity index (χ4n) is 16.7. The highest BCUT2D eigenvalue weighted by Crippen LogP contribution is 2.68. The normalized spacial score (nSPS) is 39.0. The van der Waals surface area contributed by atoms with Gasteiger partial charge in [0.1, 0.15) is 78.3 Å². The van der Waals surface area contributed by atoms with Crippen LogP contribution < -0.4 is 34.4 Å². The summed E-state index contributed by atoms with van der Waals surface area (Å²) in [5.41, 5.74) is 37.0. The van der Waals surface area contributed by atoms with Gasteiger partial charge in [0, 0.05) is 66.9 Å². The highest BCUT2D eigenvalue weighted by atomic mass is 35.5. The first-order valence-corrected chi connectivity index (χ1v) is 35.4. The molecule has 8 aliphatic rings. The minimum atomic E-state index is -4.67. The number of rotatable bonds is 16. The van der Waals surface area contributed by atoms with E-state index in [0.717, 1.165) is 53.0 Å². The van der Waals surface area contributed by atoms with Crippen molar-refractivity contribution in [2.45, 2.75) is 206 Å². The maximum atomic E-state index is 12.9. The summed E-state index contributed by atoms with van der Waals surface area (Å²) in [7, 11) is -4.67. The number of halogens is 1. The molecule has 5 aliphatic carbocycles. The van der Waals surface area contributed by atoms with Gasteiger partial charge >= 0.3 is 16.4 Å². The number of Topliss-reactive ketones (excluding diaryl/α,β-unsaturated/α-hetero) is 1. The molecule has 0 radical (unpaired) electrons. The number of nitrogens with zero attached hydrogens (tertiary/aromatic N) is 2. The van der Waals surface area contributed by atoms with Gasteiger partial charge in [-0.25, -0.2) is 4.98 Å². The zero-order chi connectivity index (χ0) is 73.8. The summed E-state index contributed by atoms with van der Waals surface area (Å²) in [5, 5.41) is 96.5. The smallest absolute Gasteiger partial charge is 0.394 e. The number of ether oxygens (including phenoxy) is 7. The van der Waals surface area contributed by atoms with Crippen LogP contribution in [0.5, 0.6) is 0 Å². The van der Waals surface area contributed by atoms with Gasteiger partial charge < -0.3 is 118 Å². The largest absolute Gasteiger partial charge is 0.458 e. The first-order valence-electron chi connectivity index (χ1n) is 33.6. The SMILES string of the molecule is CC(=O)OCC(=O)[C@@]1(O)CC[C@H]2[C@@H]3CCC4=CC(=O)CC[C@]4(C)[C@H]3[C@@H](O)C[C@@]21C.Clc1ccccc1C(c1ccccc1)(c1ccccc1)n1ccnc1.NC[C@@H]1O[C@H](O[C@H]2[C@@H](O)[C@H](O[C@@H]3[C@@H](O)[C@H](N)C[C@H](N)[C@H]3O[C@H]3O[C@H](CN)[C@@H](O)[C@H](O)[C@H]3N)O[C@@H]2CO)[C@H](N)[C@@H](O)[C@@H]1O.O=S(=O)(O)O. The Hall–Kier alpha value is -5.26. The zero-order valence-corrected chi connectivity index (χ0v) is 57.7. The van der Waals surface area contributed by atoms with E-state index in [2.05, 4.69) is 71.1 Å². The van der Waals surface area contributed by atoms with Crippen LogP contribution in [0.25, 0.3) is 0 Å². The van der Waals surface area contributed by atoms with Gasteiger partial charge in [0.2, 0.25) is 5.78 Å². The van der Waals surface area contributed by atoms with Crippen LogP contribution in [0.3, 0.4) is 0 Å². The quantitative estimate of drug-likeness (QED) is 0.0334. The molecule has 4 aromatic rings. The van der Waals surface area contributed by atoms with Crippen LogP contribution in [0.15, 0.2) is 115 Å². The number of nitrogens with two attached hydrogens (primary N) is 6. The molecular weight excluding hydrogens is 1360 g/mol. The monoisotopic (exact) mass is 1460 g/mol. The van der Waals surface area contributed by atoms with E-state index >= 15 is 0 Å². The Morgan fingerprint density at radius 1 is 0.703 bits per heavy atom. The molecule has 101 heavy (non-hydrogen) atoms. The Morgan fingerprint density at radius 3 is 1.76 bits per heavy atom. The molecule has 7 fully saturated rings. The molecule has 3 aliphatic heterocycles. The van der Waals surface area contributed by atoms with Gasteiger partial charge in [-0.3, -0.25) is 23.5 Å². The molecule has 33 heteroatoms. The van der Waals surface area contributed by atoms with E-state index in [4.69, 9.17) is 96.7 Å². The van der Waals surface area contributed by atoms with Gasteiger partial charge in [-0.15, -0.1) is 0 Å². The van der Waals surface area contributed by atoms with Gasteiger partial charge in [0.25, 0.3) is 0 Å². The maximum absolute atomic E-state index is 12.9. The number of ketones is 2. The molecule has 560 valence electrons. The van der Waals surface area contributed by atoms with Crippen LogP contribution in [0.1, 0.15) is 88.8 Å². The van der Waals surface area contributed by atoms with E-state index in [9.17, 15) is 60.3 Å². The second-order valence-electron chi connectivity index (χ2n) is 27.8. The van der Waals surface area contributed by atoms with Gasteiger partial charge in [-0.1, -0.05) is 110 Å². The van der Waals surface area contributed by atoms with E-state index in [1.54, 1.807) is 12.3 Å². The Balaban J connectivity index is 0.000000176. The molecule has 23 N–H and O–H groups in total. The Bertz CT molecular complexity index is 3510. The Morgan fingerprint density at radius 2 is 1.24 bits per heavy atom. The second-order valence-corrected chi connectivity index (χ2v) is 29.1. The number of fused-ring (bicyclic) bond motifs is 5. The highest BCUT2D eigenvalue weighted by molar-refractivity contribution is 7.79. The summed E-state index contributed by atoms with van der Waals surface area (Å²) in [6, 6.07) is 24.6. The number of imidazole rings is 1. The van der Waals surface area contributed by atoms with Gasteiger partial charge in [-0.2, -0.15) is 8.42 Å². The summed E-state index contributed by atoms with van der Waals surface area (Å²) in [4.78, 5) is 40.3. The lowest BCUT2D eigenvalue weighted by atomic mass is 9.45. The molecule has 0 bridgehead atoms. The third-order valence-electron chi connectivity index (χ3n) is 21.8. The summed E-state index contributed by atoms with van der Waals surface area (Å²) < 4.78 is 73.2. The third kappa shape index (κ3) is 16.4. The lowest BCUT2D eigenvalue weighted by Crippen LogP contribution is -2.68. The lowest BCUT2D eigenvalue weighted by Gasteiger charge is -2.60. The molecule has 31 nitrogen and oxygen atoms in total. The van der Waals surface area contributed by atoms with Crippen molar-refractivity contribution in [3.8, 4) is 0 Å². The fourth-order valence-corrected chi connectivity index (χ4v) is 16.9. The van der Waals surface area contributed by atoms with Crippen LogP contribution in [-0.4, -0.2) is 245 Å². The van der Waals surface area contributed by atoms with Gasteiger partial charge in [-0.05, 0) is 91.4 Å². The summed E-state index contributed by atoms with van der Waals surface area (Å²) in [6.45, 7) is 3.96. The number of aliphatic hydroxyl groups is 9. The topological polar surface area (TPSA) is 546 Å². The first-order chi connectivity index (χ1) is 47.7. The molecule has 3 saturated heterocycles. The summed E-state index contributed by atoms with van der Waals surface area (Å²) in [6.07, 6.45) is -8.60. The molecular formula is C68H97ClN8O23S. The Kier molecular flexibility index (Phi) is 26.1. The van der Waals surface area contributed by atoms with Crippen LogP contribution >= 0.6 is 11.6 Å². The molecule has 4 saturated carbocycles. The number of aliphatic hydroxyl groups excluding tert-OH is 8. The Labute approximate surface area is 589 Å². The van der Waals surface area contributed by atoms with Crippen LogP contribution in [0, 0.1) is 28.6 Å². The third-order valence-corrected chi connectivity index (χ3v) is 22.2. The van der Waals surface area contributed by atoms with E-state index < -0.39 is 174 Å². The number of esters is 1. The maximum Gasteiger partial charge on any atom is 0.394 e. The standard InChI is InChI=1S/C23H46N6O13.C23H32O6.C22H17ClN2.H2O4S/c24-2-7-13(32)15(34)10(28)21(37-7)40-18-6(27)1-5(26)12(31)20(18)42-23-17(36)19(9(4-30)39-23)41-22-11(29)16(35)14(33)8(3-25)38-22;1-13(24)29-12-19(27)23(28)9-7-17-16-5-4-14-10-15(25)6-8-21(14,2)20(16)18(26)11-22(17,23)3;23-21-14-8-7-13-20(21)22(25-16-15-24-17-25,18-9-3-1-4-10-18)19-11-5-2-6-12-19;1-5(2,3)4/h5-23,30-36H,1-4,24-29H2;10,16-18,20,26,28H,4-9,11-12H2,1-3H3;1-17H;(H2,1,2,3,4)/t5-,6+,7-,8+,9-,10-,11-,12+,13-,14-,15-,16-,17-,18-,19-,20-,21-,22-,23+;16-,17-,18-,20+,21-,22-,23-;;/m10../s1. The number of aromatic nitrogens is 2. The van der Waals surface area contributed by atoms with Crippen molar-refractivity contribution in [1.29, 1.82) is 0 Å². The minimum absolute atomic E-state index is 0.0413. The van der Waals surface area contributed by atoms with Crippen LogP contribution in [0.4, 0.5) is 0 Å². The van der Waals surface area contributed by atoms with E-state index in [1.165, 1.54) is 6.92 Å². The zero-order valence-electron chi connectivity index (χ0n) is 56.1. The van der Waals surface area contributed by atoms with Crippen molar-refractivity contribution in [2.24, 2.45) is 63.0 Å². The minimum Gasteiger partial charge on any atom is -0.458 e. The van der Waals surface area contributed by atoms with E-state index in [-0.39, 0.29) is 48.5 Å². The van der Waals surface area contributed by atoms with Crippen molar-refractivity contribution in [3.63, 3.8) is 0 Å².